The molecule has 0 aromatic carbocycles. The molecule has 0 aliphatic rings. The van der Waals surface area contributed by atoms with Crippen LogP contribution in [0.4, 0.5) is 17.6 Å². The highest BCUT2D eigenvalue weighted by molar-refractivity contribution is 6.30. The highest BCUT2D eigenvalue weighted by atomic mass is 35.5. The summed E-state index contributed by atoms with van der Waals surface area (Å²) < 4.78 is 43.1. The Kier molecular flexibility index (Phi) is 12.1. The summed E-state index contributed by atoms with van der Waals surface area (Å²) in [6.07, 6.45) is -5.19. The van der Waals surface area contributed by atoms with Gasteiger partial charge < -0.3 is 0 Å². The standard InChI is InChI=1S/2C3HClF2/c2*4-2-1-3(5)6/h2*3H. The minimum Gasteiger partial charge on any atom is -0.196 e. The van der Waals surface area contributed by atoms with Crippen LogP contribution in [0.5, 0.6) is 0 Å². The molecule has 12 heavy (non-hydrogen) atoms. The van der Waals surface area contributed by atoms with Gasteiger partial charge in [-0.15, -0.1) is 0 Å². The second-order valence-electron chi connectivity index (χ2n) is 1.08. The second-order valence-corrected chi connectivity index (χ2v) is 1.46. The molecule has 68 valence electrons. The van der Waals surface area contributed by atoms with Crippen molar-refractivity contribution < 1.29 is 17.6 Å². The minimum atomic E-state index is -2.59. The van der Waals surface area contributed by atoms with Gasteiger partial charge >= 0.3 is 0 Å². The normalized spacial score (nSPS) is 7.33. The smallest absolute Gasteiger partial charge is 0.196 e. The van der Waals surface area contributed by atoms with Crippen LogP contribution in [-0.2, 0) is 0 Å². The van der Waals surface area contributed by atoms with Crippen molar-refractivity contribution in [1.29, 1.82) is 0 Å². The number of halogens is 6. The van der Waals surface area contributed by atoms with E-state index in [1.54, 1.807) is 0 Å². The summed E-state index contributed by atoms with van der Waals surface area (Å²) >= 11 is 9.11. The molecule has 0 heterocycles. The number of hydrogen-bond acceptors (Lipinski definition) is 0. The summed E-state index contributed by atoms with van der Waals surface area (Å²) in [6.45, 7) is 0. The first kappa shape index (κ1) is 14.0. The van der Waals surface area contributed by atoms with Gasteiger partial charge in [0.1, 0.15) is 0 Å². The van der Waals surface area contributed by atoms with Gasteiger partial charge in [-0.2, -0.15) is 17.6 Å². The van der Waals surface area contributed by atoms with E-state index in [4.69, 9.17) is 0 Å². The first-order valence-electron chi connectivity index (χ1n) is 2.33. The van der Waals surface area contributed by atoms with Gasteiger partial charge in [-0.3, -0.25) is 0 Å². The van der Waals surface area contributed by atoms with E-state index in [-0.39, 0.29) is 0 Å². The number of alkyl halides is 4. The van der Waals surface area contributed by atoms with Crippen LogP contribution in [0.1, 0.15) is 0 Å². The summed E-state index contributed by atoms with van der Waals surface area (Å²) in [4.78, 5) is 0. The summed E-state index contributed by atoms with van der Waals surface area (Å²) in [5.74, 6) is 2.78. The van der Waals surface area contributed by atoms with Crippen molar-refractivity contribution in [2.24, 2.45) is 0 Å². The molecular weight excluding hydrogens is 219 g/mol. The Morgan fingerprint density at radius 3 is 1.00 bits per heavy atom. The molecule has 0 aromatic heterocycles. The molecule has 0 unspecified atom stereocenters. The third kappa shape index (κ3) is 22.7. The van der Waals surface area contributed by atoms with E-state index >= 15 is 0 Å². The average Bonchev–Trinajstić information content (AvgIpc) is 1.87. The predicted molar refractivity (Wildman–Crippen MR) is 39.3 cm³/mol. The molecule has 0 nitrogen and oxygen atoms in total. The first-order valence-corrected chi connectivity index (χ1v) is 3.08. The highest BCUT2D eigenvalue weighted by Crippen LogP contribution is 1.86. The maximum Gasteiger partial charge on any atom is 0.300 e. The van der Waals surface area contributed by atoms with Crippen LogP contribution in [0.15, 0.2) is 0 Å². The van der Waals surface area contributed by atoms with Gasteiger partial charge in [0.05, 0.1) is 0 Å². The highest BCUT2D eigenvalue weighted by Gasteiger charge is 1.88. The van der Waals surface area contributed by atoms with Crippen molar-refractivity contribution in [1.82, 2.24) is 0 Å². The molecule has 0 spiro atoms. The molecule has 0 aliphatic carbocycles. The molecule has 0 rings (SSSR count). The van der Waals surface area contributed by atoms with E-state index in [0.717, 1.165) is 0 Å². The lowest BCUT2D eigenvalue weighted by molar-refractivity contribution is 0.215. The van der Waals surface area contributed by atoms with E-state index in [2.05, 4.69) is 23.2 Å². The zero-order chi connectivity index (χ0) is 9.98. The van der Waals surface area contributed by atoms with E-state index in [0.29, 0.717) is 0 Å². The van der Waals surface area contributed by atoms with Crippen LogP contribution in [0.2, 0.25) is 0 Å². The Bertz CT molecular complexity index is 181. The topological polar surface area (TPSA) is 0 Å². The van der Waals surface area contributed by atoms with Crippen LogP contribution >= 0.6 is 23.2 Å². The molecule has 0 saturated heterocycles. The first-order chi connectivity index (χ1) is 5.54. The molecule has 0 aromatic rings. The van der Waals surface area contributed by atoms with Crippen molar-refractivity contribution in [2.75, 3.05) is 0 Å². The van der Waals surface area contributed by atoms with Gasteiger partial charge in [-0.25, -0.2) is 0 Å². The fourth-order valence-corrected chi connectivity index (χ4v) is 0.247. The van der Waals surface area contributed by atoms with E-state index in [9.17, 15) is 17.6 Å². The Balaban J connectivity index is 0. The van der Waals surface area contributed by atoms with Gasteiger partial charge in [0.2, 0.25) is 0 Å². The zero-order valence-electron chi connectivity index (χ0n) is 5.42. The Hall–Kier alpha value is -0.580. The van der Waals surface area contributed by atoms with E-state index in [1.165, 1.54) is 22.6 Å². The van der Waals surface area contributed by atoms with Gasteiger partial charge in [-0.1, -0.05) is 0 Å². The number of hydrogen-bond donors (Lipinski definition) is 0. The maximum atomic E-state index is 10.8. The van der Waals surface area contributed by atoms with Gasteiger partial charge in [0.15, 0.2) is 0 Å². The predicted octanol–water partition coefficient (Wildman–Crippen LogP) is 2.90. The van der Waals surface area contributed by atoms with E-state index in [1.807, 2.05) is 0 Å². The lowest BCUT2D eigenvalue weighted by atomic mass is 10.8. The summed E-state index contributed by atoms with van der Waals surface area (Å²) in [7, 11) is 0. The monoisotopic (exact) mass is 220 g/mol. The molecular formula is C6H2Cl2F4. The minimum absolute atomic E-state index is 1.39. The summed E-state index contributed by atoms with van der Waals surface area (Å²) in [6, 6.07) is 0. The maximum absolute atomic E-state index is 10.8. The largest absolute Gasteiger partial charge is 0.300 e. The van der Waals surface area contributed by atoms with Crippen molar-refractivity contribution in [2.45, 2.75) is 12.9 Å². The molecule has 6 heteroatoms. The molecule has 0 amide bonds. The zero-order valence-corrected chi connectivity index (χ0v) is 6.93. The summed E-state index contributed by atoms with van der Waals surface area (Å²) in [5.41, 5.74) is 0. The van der Waals surface area contributed by atoms with E-state index < -0.39 is 12.9 Å². The third-order valence-electron chi connectivity index (χ3n) is 0.327. The third-order valence-corrected chi connectivity index (χ3v) is 0.546. The fraction of sp³-hybridized carbons (Fsp3) is 0.333. The van der Waals surface area contributed by atoms with Crippen LogP contribution in [0, 0.1) is 22.6 Å². The van der Waals surface area contributed by atoms with Gasteiger partial charge in [0.25, 0.3) is 12.9 Å². The van der Waals surface area contributed by atoms with Crippen LogP contribution in [0.25, 0.3) is 0 Å². The van der Waals surface area contributed by atoms with Crippen LogP contribution in [0.3, 0.4) is 0 Å². The van der Waals surface area contributed by atoms with Gasteiger partial charge in [-0.05, 0) is 35.0 Å². The van der Waals surface area contributed by atoms with Crippen molar-refractivity contribution in [3.05, 3.63) is 0 Å². The molecule has 0 saturated carbocycles. The van der Waals surface area contributed by atoms with Crippen LogP contribution < -0.4 is 0 Å². The molecule has 0 atom stereocenters. The Morgan fingerprint density at radius 2 is 1.00 bits per heavy atom. The molecule has 0 N–H and O–H groups in total. The lowest BCUT2D eigenvalue weighted by Gasteiger charge is -1.72. The molecule has 0 fully saturated rings. The van der Waals surface area contributed by atoms with Crippen molar-refractivity contribution in [3.8, 4) is 22.6 Å². The summed E-state index contributed by atoms with van der Waals surface area (Å²) in [5, 5.41) is 3.08. The number of rotatable bonds is 0. The average molecular weight is 221 g/mol. The molecule has 0 aliphatic heterocycles. The molecule has 0 radical (unpaired) electrons. The SMILES string of the molecule is FC(F)C#CCl.FC(F)C#CCl. The quantitative estimate of drug-likeness (QED) is 0.435. The lowest BCUT2D eigenvalue weighted by Crippen LogP contribution is -1.77. The Morgan fingerprint density at radius 1 is 0.750 bits per heavy atom. The molecule has 0 bridgehead atoms. The van der Waals surface area contributed by atoms with Crippen molar-refractivity contribution >= 4 is 23.2 Å². The fourth-order valence-electron chi connectivity index (χ4n) is 0.0825. The van der Waals surface area contributed by atoms with Crippen molar-refractivity contribution in [3.63, 3.8) is 0 Å². The Labute approximate surface area is 76.8 Å². The van der Waals surface area contributed by atoms with Gasteiger partial charge in [0, 0.05) is 10.8 Å². The van der Waals surface area contributed by atoms with Crippen LogP contribution in [-0.4, -0.2) is 12.9 Å². The second kappa shape index (κ2) is 10.4.